The van der Waals surface area contributed by atoms with Crippen LogP contribution in [-0.4, -0.2) is 51.3 Å². The quantitative estimate of drug-likeness (QED) is 0.764. The van der Waals surface area contributed by atoms with E-state index in [1.54, 1.807) is 33.0 Å². The molecule has 2 heterocycles. The van der Waals surface area contributed by atoms with Crippen LogP contribution in [0.5, 0.6) is 5.88 Å². The van der Waals surface area contributed by atoms with Crippen molar-refractivity contribution in [3.63, 3.8) is 0 Å². The molecule has 1 aliphatic heterocycles. The van der Waals surface area contributed by atoms with E-state index in [9.17, 15) is 14.7 Å². The summed E-state index contributed by atoms with van der Waals surface area (Å²) in [6, 6.07) is 6.68. The fourth-order valence-electron chi connectivity index (χ4n) is 3.18. The van der Waals surface area contributed by atoms with Gasteiger partial charge in [0.15, 0.2) is 0 Å². The van der Waals surface area contributed by atoms with Crippen molar-refractivity contribution in [3.05, 3.63) is 42.6 Å². The number of fused-ring (bicyclic) bond motifs is 1. The van der Waals surface area contributed by atoms with Crippen LogP contribution in [0.25, 0.3) is 16.8 Å². The molecule has 2 aromatic rings. The number of carboxylic acids is 1. The monoisotopic (exact) mass is 434 g/mol. The average molecular weight is 435 g/mol. The standard InChI is InChI=1S/C21H24N2O5.CH4.H2S/c1-5-13-6-7-14-8-9-22-18(16(14)10-13)27-15-11-17(19(24)25)23(12-15)20(26)28-21(2,3)4;;/h5-10,15,17H,1,11-12H2,2-4H3,(H,24,25);1H4;1H2/t15-,17+;;/m1../s1. The SMILES string of the molecule is C.C=Cc1ccc2ccnc(O[C@@H]3C[C@@H](C(=O)O)N(C(=O)OC(C)(C)C)C3)c2c1.S. The number of aromatic nitrogens is 1. The average Bonchev–Trinajstić information content (AvgIpc) is 3.05. The van der Waals surface area contributed by atoms with Gasteiger partial charge in [-0.05, 0) is 43.9 Å². The van der Waals surface area contributed by atoms with Crippen LogP contribution in [0.2, 0.25) is 0 Å². The molecule has 1 amide bonds. The molecule has 0 bridgehead atoms. The number of carbonyl (C=O) groups excluding carboxylic acids is 1. The van der Waals surface area contributed by atoms with Gasteiger partial charge in [-0.1, -0.05) is 32.2 Å². The van der Waals surface area contributed by atoms with Crippen molar-refractivity contribution in [1.29, 1.82) is 0 Å². The Hall–Kier alpha value is -2.74. The van der Waals surface area contributed by atoms with Crippen molar-refractivity contribution in [2.75, 3.05) is 6.54 Å². The fourth-order valence-corrected chi connectivity index (χ4v) is 3.18. The third-order valence-corrected chi connectivity index (χ3v) is 4.44. The molecule has 0 spiro atoms. The van der Waals surface area contributed by atoms with Crippen molar-refractivity contribution in [2.24, 2.45) is 0 Å². The number of carbonyl (C=O) groups is 2. The zero-order chi connectivity index (χ0) is 20.5. The predicted molar refractivity (Wildman–Crippen MR) is 122 cm³/mol. The van der Waals surface area contributed by atoms with E-state index >= 15 is 0 Å². The molecule has 1 aromatic carbocycles. The molecule has 164 valence electrons. The summed E-state index contributed by atoms with van der Waals surface area (Å²) in [5.41, 5.74) is 0.215. The molecule has 0 radical (unpaired) electrons. The number of pyridine rings is 1. The van der Waals surface area contributed by atoms with Gasteiger partial charge in [-0.15, -0.1) is 0 Å². The number of benzene rings is 1. The number of likely N-dealkylation sites (tertiary alicyclic amines) is 1. The summed E-state index contributed by atoms with van der Waals surface area (Å²) in [5, 5.41) is 11.3. The fraction of sp³-hybridized carbons (Fsp3) is 0.409. The second-order valence-electron chi connectivity index (χ2n) is 7.76. The van der Waals surface area contributed by atoms with Gasteiger partial charge in [0, 0.05) is 18.0 Å². The van der Waals surface area contributed by atoms with Crippen LogP contribution in [0, 0.1) is 0 Å². The Bertz CT molecular complexity index is 925. The molecule has 0 saturated carbocycles. The minimum atomic E-state index is -1.09. The Labute approximate surface area is 184 Å². The molecule has 30 heavy (non-hydrogen) atoms. The molecule has 3 rings (SSSR count). The first kappa shape index (κ1) is 25.3. The van der Waals surface area contributed by atoms with Crippen LogP contribution >= 0.6 is 13.5 Å². The smallest absolute Gasteiger partial charge is 0.411 e. The maximum Gasteiger partial charge on any atom is 0.411 e. The number of ether oxygens (including phenoxy) is 2. The molecule has 1 fully saturated rings. The van der Waals surface area contributed by atoms with Gasteiger partial charge in [-0.3, -0.25) is 4.90 Å². The summed E-state index contributed by atoms with van der Waals surface area (Å²) >= 11 is 0. The number of aliphatic carboxylic acids is 1. The van der Waals surface area contributed by atoms with Crippen molar-refractivity contribution < 1.29 is 24.2 Å². The molecule has 2 atom stereocenters. The highest BCUT2D eigenvalue weighted by molar-refractivity contribution is 7.59. The lowest BCUT2D eigenvalue weighted by atomic mass is 10.1. The Morgan fingerprint density at radius 2 is 2.00 bits per heavy atom. The number of hydrogen-bond donors (Lipinski definition) is 1. The molecule has 0 aliphatic carbocycles. The molecule has 8 heteroatoms. The Kier molecular flexibility index (Phi) is 8.30. The molecule has 7 nitrogen and oxygen atoms in total. The van der Waals surface area contributed by atoms with Gasteiger partial charge in [0.2, 0.25) is 5.88 Å². The van der Waals surface area contributed by atoms with Crippen molar-refractivity contribution in [1.82, 2.24) is 9.88 Å². The minimum absolute atomic E-state index is 0. The van der Waals surface area contributed by atoms with Gasteiger partial charge >= 0.3 is 12.1 Å². The first-order valence-corrected chi connectivity index (χ1v) is 9.08. The number of amides is 1. The van der Waals surface area contributed by atoms with Crippen LogP contribution < -0.4 is 4.74 Å². The number of hydrogen-bond acceptors (Lipinski definition) is 5. The second kappa shape index (κ2) is 9.84. The van der Waals surface area contributed by atoms with Crippen LogP contribution in [0.1, 0.15) is 40.2 Å². The number of carboxylic acid groups (broad SMARTS) is 1. The highest BCUT2D eigenvalue weighted by Crippen LogP contribution is 2.29. The Morgan fingerprint density at radius 1 is 1.30 bits per heavy atom. The largest absolute Gasteiger partial charge is 0.480 e. The maximum absolute atomic E-state index is 12.4. The summed E-state index contributed by atoms with van der Waals surface area (Å²) in [4.78, 5) is 29.6. The van der Waals surface area contributed by atoms with Crippen LogP contribution in [0.15, 0.2) is 37.0 Å². The molecular formula is C22H30N2O5S. The topological polar surface area (TPSA) is 89.0 Å². The van der Waals surface area contributed by atoms with Crippen LogP contribution in [0.4, 0.5) is 4.79 Å². The lowest BCUT2D eigenvalue weighted by Crippen LogP contribution is -2.43. The lowest BCUT2D eigenvalue weighted by molar-refractivity contribution is -0.142. The number of rotatable bonds is 4. The molecule has 0 unspecified atom stereocenters. The van der Waals surface area contributed by atoms with E-state index in [0.29, 0.717) is 5.88 Å². The third-order valence-electron chi connectivity index (χ3n) is 4.44. The molecule has 1 aliphatic rings. The van der Waals surface area contributed by atoms with Crippen LogP contribution in [0.3, 0.4) is 0 Å². The maximum atomic E-state index is 12.4. The first-order valence-electron chi connectivity index (χ1n) is 9.08. The summed E-state index contributed by atoms with van der Waals surface area (Å²) in [5.74, 6) is -0.682. The molecular weight excluding hydrogens is 404 g/mol. The van der Waals surface area contributed by atoms with Crippen molar-refractivity contribution >= 4 is 42.4 Å². The van der Waals surface area contributed by atoms with E-state index in [4.69, 9.17) is 9.47 Å². The summed E-state index contributed by atoms with van der Waals surface area (Å²) < 4.78 is 11.4. The highest BCUT2D eigenvalue weighted by atomic mass is 32.1. The third kappa shape index (κ3) is 5.66. The summed E-state index contributed by atoms with van der Waals surface area (Å²) in [6.07, 6.45) is 2.37. The predicted octanol–water partition coefficient (Wildman–Crippen LogP) is 4.47. The van der Waals surface area contributed by atoms with E-state index in [1.165, 1.54) is 4.90 Å². The van der Waals surface area contributed by atoms with E-state index in [0.717, 1.165) is 16.3 Å². The normalized spacial score (nSPS) is 18.2. The van der Waals surface area contributed by atoms with Gasteiger partial charge < -0.3 is 14.6 Å². The van der Waals surface area contributed by atoms with E-state index < -0.39 is 29.8 Å². The molecule has 1 aromatic heterocycles. The van der Waals surface area contributed by atoms with Gasteiger partial charge in [-0.2, -0.15) is 13.5 Å². The van der Waals surface area contributed by atoms with Crippen molar-refractivity contribution in [2.45, 2.75) is 52.4 Å². The number of nitrogens with zero attached hydrogens (tertiary/aromatic N) is 2. The highest BCUT2D eigenvalue weighted by Gasteiger charge is 2.42. The molecule has 1 saturated heterocycles. The van der Waals surface area contributed by atoms with Gasteiger partial charge in [0.05, 0.1) is 6.54 Å². The van der Waals surface area contributed by atoms with E-state index in [1.807, 2.05) is 24.3 Å². The van der Waals surface area contributed by atoms with Crippen LogP contribution in [-0.2, 0) is 9.53 Å². The van der Waals surface area contributed by atoms with Gasteiger partial charge in [0.1, 0.15) is 17.7 Å². The van der Waals surface area contributed by atoms with E-state index in [-0.39, 0.29) is 33.9 Å². The molecule has 1 N–H and O–H groups in total. The van der Waals surface area contributed by atoms with Crippen molar-refractivity contribution in [3.8, 4) is 5.88 Å². The Morgan fingerprint density at radius 3 is 2.60 bits per heavy atom. The summed E-state index contributed by atoms with van der Waals surface area (Å²) in [7, 11) is 0. The van der Waals surface area contributed by atoms with Gasteiger partial charge in [-0.25, -0.2) is 14.6 Å². The first-order chi connectivity index (χ1) is 13.2. The second-order valence-corrected chi connectivity index (χ2v) is 7.76. The lowest BCUT2D eigenvalue weighted by Gasteiger charge is -2.26. The van der Waals surface area contributed by atoms with E-state index in [2.05, 4.69) is 11.6 Å². The Balaban J connectivity index is 0.00000225. The minimum Gasteiger partial charge on any atom is -0.480 e. The van der Waals surface area contributed by atoms with Gasteiger partial charge in [0.25, 0.3) is 0 Å². The zero-order valence-electron chi connectivity index (χ0n) is 16.7. The summed E-state index contributed by atoms with van der Waals surface area (Å²) in [6.45, 7) is 9.10. The zero-order valence-corrected chi connectivity index (χ0v) is 17.7.